The van der Waals surface area contributed by atoms with Crippen LogP contribution in [-0.2, 0) is 18.8 Å². The first-order valence-electron chi connectivity index (χ1n) is 14.2. The Bertz CT molecular complexity index is 1230. The summed E-state index contributed by atoms with van der Waals surface area (Å²) in [7, 11) is 2.28. The van der Waals surface area contributed by atoms with Crippen molar-refractivity contribution in [3.8, 4) is 0 Å². The molecule has 1 N–H and O–H groups in total. The second-order valence-corrected chi connectivity index (χ2v) is 13.0. The molecule has 0 bridgehead atoms. The van der Waals surface area contributed by atoms with E-state index in [1.54, 1.807) is 12.1 Å². The second-order valence-electron chi connectivity index (χ2n) is 13.0. The molecule has 1 saturated heterocycles. The average Bonchev–Trinajstić information content (AvgIpc) is 3.09. The van der Waals surface area contributed by atoms with Crippen molar-refractivity contribution in [1.29, 1.82) is 0 Å². The Labute approximate surface area is 246 Å². The molecule has 1 fully saturated rings. The smallest absolute Gasteiger partial charge is 0.399 e. The molecule has 0 spiro atoms. The quantitative estimate of drug-likeness (QED) is 0.258. The van der Waals surface area contributed by atoms with Crippen molar-refractivity contribution in [2.24, 2.45) is 5.41 Å². The maximum atomic E-state index is 14.2. The highest BCUT2D eigenvalue weighted by atomic mass is 16.7. The van der Waals surface area contributed by atoms with Gasteiger partial charge in [-0.2, -0.15) is 0 Å². The molecule has 0 aromatic heterocycles. The molecule has 2 aromatic rings. The van der Waals surface area contributed by atoms with Gasteiger partial charge in [-0.1, -0.05) is 57.0 Å². The third kappa shape index (κ3) is 6.86. The minimum absolute atomic E-state index is 0.273. The maximum absolute atomic E-state index is 14.2. The molecule has 1 atom stereocenters. The Morgan fingerprint density at radius 1 is 0.976 bits per heavy atom. The molecule has 3 rings (SSSR count). The lowest BCUT2D eigenvalue weighted by atomic mass is 9.74. The number of carbonyl (C=O) groups excluding carboxylic acids is 2. The number of amides is 2. The van der Waals surface area contributed by atoms with E-state index in [1.165, 1.54) is 19.2 Å². The van der Waals surface area contributed by atoms with Crippen LogP contribution >= 0.6 is 0 Å². The predicted octanol–water partition coefficient (Wildman–Crippen LogP) is 5.51. The van der Waals surface area contributed by atoms with Crippen LogP contribution in [0.25, 0.3) is 0 Å². The molecule has 2 aromatic carbocycles. The first-order valence-corrected chi connectivity index (χ1v) is 14.2. The van der Waals surface area contributed by atoms with Gasteiger partial charge in [0.05, 0.1) is 17.2 Å². The van der Waals surface area contributed by atoms with Crippen LogP contribution in [0, 0.1) is 19.3 Å². The molecular weight excluding hydrogens is 519 g/mol. The number of methoxy groups -OCH3 is 2. The van der Waals surface area contributed by atoms with E-state index in [9.17, 15) is 9.59 Å². The summed E-state index contributed by atoms with van der Waals surface area (Å²) in [6, 6.07) is 10.8. The molecule has 0 radical (unpaired) electrons. The van der Waals surface area contributed by atoms with Crippen LogP contribution in [0.4, 0.5) is 0 Å². The van der Waals surface area contributed by atoms with Crippen molar-refractivity contribution in [2.45, 2.75) is 99.2 Å². The van der Waals surface area contributed by atoms with Crippen molar-refractivity contribution in [3.05, 3.63) is 64.2 Å². The summed E-state index contributed by atoms with van der Waals surface area (Å²) in [5, 5.41) is 1.48. The lowest BCUT2D eigenvalue weighted by Crippen LogP contribution is -2.56. The van der Waals surface area contributed by atoms with E-state index in [-0.39, 0.29) is 17.4 Å². The van der Waals surface area contributed by atoms with Gasteiger partial charge >= 0.3 is 7.12 Å². The Morgan fingerprint density at radius 3 is 1.98 bits per heavy atom. The van der Waals surface area contributed by atoms with E-state index in [2.05, 4.69) is 26.2 Å². The molecule has 8 nitrogen and oxygen atoms in total. The van der Waals surface area contributed by atoms with Crippen LogP contribution < -0.4 is 10.9 Å². The van der Waals surface area contributed by atoms with Crippen LogP contribution in [0.15, 0.2) is 36.4 Å². The van der Waals surface area contributed by atoms with E-state index in [4.69, 9.17) is 18.8 Å². The molecule has 9 heteroatoms. The third-order valence-electron chi connectivity index (χ3n) is 8.16. The molecule has 1 aliphatic heterocycles. The molecule has 1 aliphatic rings. The normalized spacial score (nSPS) is 17.0. The Hall–Kier alpha value is -2.72. The van der Waals surface area contributed by atoms with Crippen molar-refractivity contribution >= 4 is 24.4 Å². The summed E-state index contributed by atoms with van der Waals surface area (Å²) in [5.74, 6) is -0.733. The molecule has 0 aliphatic carbocycles. The summed E-state index contributed by atoms with van der Waals surface area (Å²) < 4.78 is 24.0. The number of rotatable bonds is 8. The van der Waals surface area contributed by atoms with E-state index in [0.29, 0.717) is 28.6 Å². The highest BCUT2D eigenvalue weighted by Gasteiger charge is 2.53. The summed E-state index contributed by atoms with van der Waals surface area (Å²) in [5.41, 5.74) is 5.37. The van der Waals surface area contributed by atoms with E-state index in [0.717, 1.165) is 11.1 Å². The van der Waals surface area contributed by atoms with E-state index in [1.807, 2.05) is 72.7 Å². The number of hydrogen-bond acceptors (Lipinski definition) is 6. The van der Waals surface area contributed by atoms with Gasteiger partial charge in [0.1, 0.15) is 0 Å². The maximum Gasteiger partial charge on any atom is 0.495 e. The van der Waals surface area contributed by atoms with Gasteiger partial charge in [0, 0.05) is 30.9 Å². The van der Waals surface area contributed by atoms with Gasteiger partial charge < -0.3 is 18.8 Å². The van der Waals surface area contributed by atoms with Crippen LogP contribution in [0.2, 0.25) is 0 Å². The van der Waals surface area contributed by atoms with Crippen molar-refractivity contribution in [3.63, 3.8) is 0 Å². The van der Waals surface area contributed by atoms with Crippen molar-refractivity contribution < 1.29 is 28.4 Å². The van der Waals surface area contributed by atoms with Crippen molar-refractivity contribution in [2.75, 3.05) is 14.2 Å². The summed E-state index contributed by atoms with van der Waals surface area (Å²) >= 11 is 0. The molecule has 224 valence electrons. The zero-order chi connectivity index (χ0) is 30.9. The monoisotopic (exact) mass is 566 g/mol. The number of aryl methyl sites for hydroxylation is 2. The summed E-state index contributed by atoms with van der Waals surface area (Å²) in [6.07, 6.45) is -0.237. The SMILES string of the molecule is CCC(N(NC(=O)c1cccc(B2OC(C)(C)C(C)(C)O2)c1C(OC)OC)C(=O)c1cc(C)cc(C)c1)C(C)(C)C. The van der Waals surface area contributed by atoms with Gasteiger partial charge in [-0.3, -0.25) is 15.0 Å². The molecule has 0 saturated carbocycles. The highest BCUT2D eigenvalue weighted by molar-refractivity contribution is 6.62. The summed E-state index contributed by atoms with van der Waals surface area (Å²) in [4.78, 5) is 28.2. The fourth-order valence-electron chi connectivity index (χ4n) is 5.41. The Balaban J connectivity index is 2.12. The Morgan fingerprint density at radius 2 is 1.51 bits per heavy atom. The van der Waals surface area contributed by atoms with Gasteiger partial charge in [-0.05, 0) is 77.0 Å². The van der Waals surface area contributed by atoms with Crippen LogP contribution in [0.3, 0.4) is 0 Å². The average molecular weight is 567 g/mol. The van der Waals surface area contributed by atoms with Gasteiger partial charge in [0.15, 0.2) is 6.29 Å². The highest BCUT2D eigenvalue weighted by Crippen LogP contribution is 2.37. The van der Waals surface area contributed by atoms with Crippen LogP contribution in [-0.4, -0.2) is 55.4 Å². The number of benzene rings is 2. The fraction of sp³-hybridized carbons (Fsp3) is 0.562. The minimum atomic E-state index is -0.876. The van der Waals surface area contributed by atoms with Gasteiger partial charge in [-0.25, -0.2) is 5.01 Å². The first kappa shape index (κ1) is 32.8. The van der Waals surface area contributed by atoms with Crippen molar-refractivity contribution in [1.82, 2.24) is 10.4 Å². The summed E-state index contributed by atoms with van der Waals surface area (Å²) in [6.45, 7) is 20.0. The van der Waals surface area contributed by atoms with Crippen LogP contribution in [0.1, 0.15) is 106 Å². The minimum Gasteiger partial charge on any atom is -0.399 e. The number of hydrogen-bond donors (Lipinski definition) is 1. The van der Waals surface area contributed by atoms with Crippen LogP contribution in [0.5, 0.6) is 0 Å². The molecule has 1 heterocycles. The van der Waals surface area contributed by atoms with Gasteiger partial charge in [-0.15, -0.1) is 0 Å². The molecule has 1 unspecified atom stereocenters. The standard InChI is InChI=1S/C32H47BN2O6/c1-13-25(30(4,5)6)35(28(37)22-18-20(2)17-21(3)19-22)34-27(36)23-15-14-16-24(26(23)29(38-11)39-12)33-40-31(7,8)32(9,10)41-33/h14-19,25,29H,13H2,1-12H3,(H,34,36). The van der Waals surface area contributed by atoms with Gasteiger partial charge in [0.25, 0.3) is 11.8 Å². The van der Waals surface area contributed by atoms with Gasteiger partial charge in [0.2, 0.25) is 0 Å². The fourth-order valence-corrected chi connectivity index (χ4v) is 5.41. The lowest BCUT2D eigenvalue weighted by Gasteiger charge is -2.39. The number of nitrogens with one attached hydrogen (secondary N) is 1. The molecular formula is C32H47BN2O6. The van der Waals surface area contributed by atoms with E-state index >= 15 is 0 Å². The number of ether oxygens (including phenoxy) is 2. The number of carbonyl (C=O) groups is 2. The zero-order valence-electron chi connectivity index (χ0n) is 26.8. The molecule has 41 heavy (non-hydrogen) atoms. The third-order valence-corrected chi connectivity index (χ3v) is 8.16. The zero-order valence-corrected chi connectivity index (χ0v) is 26.8. The first-order chi connectivity index (χ1) is 19.0. The largest absolute Gasteiger partial charge is 0.495 e. The lowest BCUT2D eigenvalue weighted by molar-refractivity contribution is -0.105. The number of hydrazine groups is 1. The predicted molar refractivity (Wildman–Crippen MR) is 162 cm³/mol. The molecule has 2 amide bonds. The Kier molecular flexibility index (Phi) is 9.80. The topological polar surface area (TPSA) is 86.3 Å². The van der Waals surface area contributed by atoms with E-state index < -0.39 is 30.5 Å². The second kappa shape index (κ2) is 12.3. The number of nitrogens with zero attached hydrogens (tertiary/aromatic N) is 1.